The van der Waals surface area contributed by atoms with Crippen molar-refractivity contribution in [1.29, 1.82) is 0 Å². The number of ether oxygens (including phenoxy) is 1. The predicted molar refractivity (Wildman–Crippen MR) is 76.3 cm³/mol. The molecular weight excluding hydrogens is 324 g/mol. The van der Waals surface area contributed by atoms with Crippen molar-refractivity contribution in [2.75, 3.05) is 0 Å². The van der Waals surface area contributed by atoms with Crippen LogP contribution in [-0.4, -0.2) is 56.5 Å². The lowest BCUT2D eigenvalue weighted by Crippen LogP contribution is -2.42. The molecule has 3 unspecified atom stereocenters. The van der Waals surface area contributed by atoms with Crippen LogP contribution in [0.2, 0.25) is 0 Å². The van der Waals surface area contributed by atoms with Gasteiger partial charge >= 0.3 is 23.9 Å². The minimum Gasteiger partial charge on any atom is -0.481 e. The Balaban J connectivity index is 2.13. The predicted octanol–water partition coefficient (Wildman–Crippen LogP) is 0.665. The van der Waals surface area contributed by atoms with Gasteiger partial charge in [0.1, 0.15) is 0 Å². The third kappa shape index (κ3) is 3.66. The first-order chi connectivity index (χ1) is 11.2. The zero-order valence-electron chi connectivity index (χ0n) is 12.9. The summed E-state index contributed by atoms with van der Waals surface area (Å²) in [7, 11) is 0. The summed E-state index contributed by atoms with van der Waals surface area (Å²) >= 11 is 0. The summed E-state index contributed by atoms with van der Waals surface area (Å²) in [5.74, 6) is -8.34. The lowest BCUT2D eigenvalue weighted by molar-refractivity contribution is -0.169. The van der Waals surface area contributed by atoms with Gasteiger partial charge in [0.25, 0.3) is 0 Å². The van der Waals surface area contributed by atoms with Crippen LogP contribution in [0.1, 0.15) is 38.5 Å². The summed E-state index contributed by atoms with van der Waals surface area (Å²) in [6.45, 7) is 0. The molecule has 2 aliphatic rings. The average Bonchev–Trinajstić information content (AvgIpc) is 3.23. The standard InChI is InChI=1S/C15H20O9/c16-11(17)8(12(18)19)3-4-15(13(20)21,14(22)23)6-7-1-2-9-10(5-7)24-9/h7-10H,1-6H2,(H,16,17)(H,18,19)(H,20,21)(H,22,23). The summed E-state index contributed by atoms with van der Waals surface area (Å²) in [4.78, 5) is 45.2. The molecule has 0 bridgehead atoms. The maximum Gasteiger partial charge on any atom is 0.321 e. The van der Waals surface area contributed by atoms with E-state index in [0.717, 1.165) is 6.42 Å². The molecule has 0 aromatic rings. The van der Waals surface area contributed by atoms with Gasteiger partial charge in [-0.15, -0.1) is 0 Å². The molecule has 1 heterocycles. The number of hydrogen-bond donors (Lipinski definition) is 4. The number of carboxylic acids is 4. The number of fused-ring (bicyclic) bond motifs is 1. The number of rotatable bonds is 9. The van der Waals surface area contributed by atoms with Crippen molar-refractivity contribution in [3.05, 3.63) is 0 Å². The fourth-order valence-electron chi connectivity index (χ4n) is 3.49. The zero-order chi connectivity index (χ0) is 18.1. The molecule has 9 heteroatoms. The minimum atomic E-state index is -2.18. The van der Waals surface area contributed by atoms with Crippen LogP contribution in [0.3, 0.4) is 0 Å². The molecular formula is C15H20O9. The van der Waals surface area contributed by atoms with Crippen molar-refractivity contribution in [3.8, 4) is 0 Å². The SMILES string of the molecule is O=C(O)C(CCC(CC1CCC2OC2C1)(C(=O)O)C(=O)O)C(=O)O. The Hall–Kier alpha value is -2.16. The quantitative estimate of drug-likeness (QED) is 0.348. The molecule has 0 aromatic carbocycles. The van der Waals surface area contributed by atoms with Crippen molar-refractivity contribution < 1.29 is 44.3 Å². The Morgan fingerprint density at radius 1 is 0.958 bits per heavy atom. The highest BCUT2D eigenvalue weighted by molar-refractivity contribution is 5.98. The first-order valence-electron chi connectivity index (χ1n) is 7.75. The van der Waals surface area contributed by atoms with E-state index in [-0.39, 0.29) is 24.5 Å². The average molecular weight is 344 g/mol. The van der Waals surface area contributed by atoms with Gasteiger partial charge in [0, 0.05) is 0 Å². The normalized spacial score (nSPS) is 25.8. The van der Waals surface area contributed by atoms with E-state index < -0.39 is 48.1 Å². The van der Waals surface area contributed by atoms with Crippen LogP contribution in [-0.2, 0) is 23.9 Å². The Kier molecular flexibility index (Phi) is 5.12. The second kappa shape index (κ2) is 6.76. The largest absolute Gasteiger partial charge is 0.481 e. The molecule has 9 nitrogen and oxygen atoms in total. The molecule has 0 aromatic heterocycles. The van der Waals surface area contributed by atoms with E-state index >= 15 is 0 Å². The Labute approximate surface area is 137 Å². The Morgan fingerprint density at radius 3 is 2.00 bits per heavy atom. The Morgan fingerprint density at radius 2 is 1.54 bits per heavy atom. The van der Waals surface area contributed by atoms with E-state index in [4.69, 9.17) is 14.9 Å². The minimum absolute atomic E-state index is 0.0508. The smallest absolute Gasteiger partial charge is 0.321 e. The molecule has 1 aliphatic heterocycles. The molecule has 0 spiro atoms. The Bertz CT molecular complexity index is 527. The highest BCUT2D eigenvalue weighted by Gasteiger charge is 2.52. The van der Waals surface area contributed by atoms with E-state index in [1.807, 2.05) is 0 Å². The van der Waals surface area contributed by atoms with E-state index in [0.29, 0.717) is 12.8 Å². The molecule has 24 heavy (non-hydrogen) atoms. The van der Waals surface area contributed by atoms with Crippen LogP contribution in [0.4, 0.5) is 0 Å². The third-order valence-corrected chi connectivity index (χ3v) is 5.02. The summed E-state index contributed by atoms with van der Waals surface area (Å²) < 4.78 is 5.35. The fraction of sp³-hybridized carbons (Fsp3) is 0.733. The van der Waals surface area contributed by atoms with Gasteiger partial charge in [-0.1, -0.05) is 0 Å². The van der Waals surface area contributed by atoms with E-state index in [1.165, 1.54) is 0 Å². The van der Waals surface area contributed by atoms with Crippen molar-refractivity contribution >= 4 is 23.9 Å². The lowest BCUT2D eigenvalue weighted by Gasteiger charge is -2.30. The van der Waals surface area contributed by atoms with Crippen LogP contribution in [0.25, 0.3) is 0 Å². The molecule has 1 saturated carbocycles. The van der Waals surface area contributed by atoms with Gasteiger partial charge in [-0.2, -0.15) is 0 Å². The van der Waals surface area contributed by atoms with Gasteiger partial charge in [-0.05, 0) is 44.4 Å². The number of epoxide rings is 1. The van der Waals surface area contributed by atoms with Crippen molar-refractivity contribution in [2.45, 2.75) is 50.7 Å². The van der Waals surface area contributed by atoms with Crippen LogP contribution < -0.4 is 0 Å². The highest BCUT2D eigenvalue weighted by atomic mass is 16.6. The summed E-state index contributed by atoms with van der Waals surface area (Å²) in [5, 5.41) is 36.7. The van der Waals surface area contributed by atoms with Gasteiger partial charge in [0.05, 0.1) is 12.2 Å². The molecule has 4 N–H and O–H groups in total. The van der Waals surface area contributed by atoms with E-state index in [9.17, 15) is 29.4 Å². The van der Waals surface area contributed by atoms with Crippen LogP contribution in [0, 0.1) is 17.3 Å². The number of hydrogen-bond acceptors (Lipinski definition) is 5. The van der Waals surface area contributed by atoms with E-state index in [1.54, 1.807) is 0 Å². The molecule has 1 saturated heterocycles. The number of carboxylic acid groups (broad SMARTS) is 4. The molecule has 1 aliphatic carbocycles. The van der Waals surface area contributed by atoms with Crippen LogP contribution >= 0.6 is 0 Å². The van der Waals surface area contributed by atoms with Crippen LogP contribution in [0.5, 0.6) is 0 Å². The molecule has 0 amide bonds. The van der Waals surface area contributed by atoms with Gasteiger partial charge in [-0.3, -0.25) is 19.2 Å². The molecule has 134 valence electrons. The third-order valence-electron chi connectivity index (χ3n) is 5.02. The zero-order valence-corrected chi connectivity index (χ0v) is 12.9. The fourth-order valence-corrected chi connectivity index (χ4v) is 3.49. The number of aliphatic carboxylic acids is 4. The maximum absolute atomic E-state index is 11.7. The summed E-state index contributed by atoms with van der Waals surface area (Å²) in [6.07, 6.45) is 0.945. The van der Waals surface area contributed by atoms with Crippen molar-refractivity contribution in [3.63, 3.8) is 0 Å². The van der Waals surface area contributed by atoms with E-state index in [2.05, 4.69) is 0 Å². The summed E-state index contributed by atoms with van der Waals surface area (Å²) in [5.41, 5.74) is -2.18. The molecule has 2 rings (SSSR count). The van der Waals surface area contributed by atoms with Gasteiger partial charge in [0.15, 0.2) is 11.3 Å². The maximum atomic E-state index is 11.7. The van der Waals surface area contributed by atoms with Gasteiger partial charge < -0.3 is 25.2 Å². The second-order valence-electron chi connectivity index (χ2n) is 6.56. The molecule has 0 radical (unpaired) electrons. The monoisotopic (exact) mass is 344 g/mol. The number of carbonyl (C=O) groups is 4. The highest BCUT2D eigenvalue weighted by Crippen LogP contribution is 2.45. The first kappa shape index (κ1) is 18.2. The topological polar surface area (TPSA) is 162 Å². The van der Waals surface area contributed by atoms with Gasteiger partial charge in [0.2, 0.25) is 0 Å². The van der Waals surface area contributed by atoms with Crippen molar-refractivity contribution in [1.82, 2.24) is 0 Å². The van der Waals surface area contributed by atoms with Crippen molar-refractivity contribution in [2.24, 2.45) is 17.3 Å². The van der Waals surface area contributed by atoms with Gasteiger partial charge in [-0.25, -0.2) is 0 Å². The lowest BCUT2D eigenvalue weighted by atomic mass is 9.71. The molecule has 3 atom stereocenters. The second-order valence-corrected chi connectivity index (χ2v) is 6.56. The first-order valence-corrected chi connectivity index (χ1v) is 7.75. The summed E-state index contributed by atoms with van der Waals surface area (Å²) in [6, 6.07) is 0. The molecule has 2 fully saturated rings. The van der Waals surface area contributed by atoms with Crippen LogP contribution in [0.15, 0.2) is 0 Å².